The lowest BCUT2D eigenvalue weighted by Gasteiger charge is -2.33. The molecule has 0 fully saturated rings. The van der Waals surface area contributed by atoms with E-state index < -0.39 is 5.97 Å². The Kier molecular flexibility index (Phi) is 8.01. The van der Waals surface area contributed by atoms with Gasteiger partial charge < -0.3 is 18.9 Å². The van der Waals surface area contributed by atoms with Crippen LogP contribution in [-0.2, 0) is 24.1 Å². The van der Waals surface area contributed by atoms with Crippen molar-refractivity contribution in [1.82, 2.24) is 5.32 Å². The highest BCUT2D eigenvalue weighted by Gasteiger charge is 2.33. The highest BCUT2D eigenvalue weighted by Crippen LogP contribution is 2.45. The van der Waals surface area contributed by atoms with Crippen LogP contribution >= 0.6 is 22.9 Å². The Morgan fingerprint density at radius 1 is 1.23 bits per heavy atom. The SMILES string of the molecule is COC(=O)c1cc(-c2ccc(C=Nc3sc4c(c3C(=O)NCc3ccco3)CC[C@H](C(C)(C)C)C4)o2)ccc1Cl. The number of carbonyl (C=O) groups is 2. The maximum Gasteiger partial charge on any atom is 0.339 e. The average molecular weight is 579 g/mol. The van der Waals surface area contributed by atoms with Gasteiger partial charge in [0.05, 0.1) is 42.3 Å². The quantitative estimate of drug-likeness (QED) is 0.178. The molecule has 1 aliphatic rings. The minimum Gasteiger partial charge on any atom is -0.467 e. The number of fused-ring (bicyclic) bond motifs is 1. The summed E-state index contributed by atoms with van der Waals surface area (Å²) in [6.07, 6.45) is 6.03. The molecule has 3 aromatic heterocycles. The second-order valence-electron chi connectivity index (χ2n) is 10.9. The second kappa shape index (κ2) is 11.5. The Morgan fingerprint density at radius 3 is 2.77 bits per heavy atom. The molecule has 0 bridgehead atoms. The molecular formula is C31H31ClN2O5S. The first-order valence-electron chi connectivity index (χ1n) is 13.1. The van der Waals surface area contributed by atoms with Gasteiger partial charge in [0.2, 0.25) is 0 Å². The smallest absolute Gasteiger partial charge is 0.339 e. The normalized spacial score (nSPS) is 15.3. The number of amides is 1. The third kappa shape index (κ3) is 5.93. The molecule has 1 amide bonds. The highest BCUT2D eigenvalue weighted by atomic mass is 35.5. The van der Waals surface area contributed by atoms with Crippen molar-refractivity contribution in [2.75, 3.05) is 7.11 Å². The van der Waals surface area contributed by atoms with Gasteiger partial charge in [-0.1, -0.05) is 32.4 Å². The van der Waals surface area contributed by atoms with Crippen molar-refractivity contribution in [3.8, 4) is 11.3 Å². The van der Waals surface area contributed by atoms with Gasteiger partial charge in [0.1, 0.15) is 22.3 Å². The van der Waals surface area contributed by atoms with E-state index in [1.54, 1.807) is 60.2 Å². The third-order valence-electron chi connectivity index (χ3n) is 7.29. The molecule has 4 aromatic rings. The summed E-state index contributed by atoms with van der Waals surface area (Å²) >= 11 is 7.73. The molecule has 0 aliphatic heterocycles. The van der Waals surface area contributed by atoms with Crippen molar-refractivity contribution >= 4 is 46.0 Å². The number of halogens is 1. The summed E-state index contributed by atoms with van der Waals surface area (Å²) in [5.74, 6) is 1.62. The number of methoxy groups -OCH3 is 1. The zero-order chi connectivity index (χ0) is 28.4. The number of esters is 1. The Morgan fingerprint density at radius 2 is 2.05 bits per heavy atom. The van der Waals surface area contributed by atoms with Crippen LogP contribution in [0.1, 0.15) is 69.9 Å². The van der Waals surface area contributed by atoms with Gasteiger partial charge in [0, 0.05) is 10.4 Å². The zero-order valence-corrected chi connectivity index (χ0v) is 24.4. The second-order valence-corrected chi connectivity index (χ2v) is 12.4. The molecule has 0 unspecified atom stereocenters. The summed E-state index contributed by atoms with van der Waals surface area (Å²) in [7, 11) is 1.31. The van der Waals surface area contributed by atoms with Gasteiger partial charge in [-0.2, -0.15) is 0 Å². The monoisotopic (exact) mass is 578 g/mol. The standard InChI is InChI=1S/C31H31ClN2O5S/c1-31(2,3)19-8-10-22-26(15-19)40-29(27(22)28(35)33-16-20-6-5-13-38-20)34-17-21-9-12-25(39-21)18-7-11-24(32)23(14-18)30(36)37-4/h5-7,9,11-14,17,19H,8,10,15-16H2,1-4H3,(H,33,35)/t19-/m0/s1. The lowest BCUT2D eigenvalue weighted by Crippen LogP contribution is -2.28. The summed E-state index contributed by atoms with van der Waals surface area (Å²) in [4.78, 5) is 31.4. The first-order valence-corrected chi connectivity index (χ1v) is 14.3. The van der Waals surface area contributed by atoms with E-state index in [4.69, 9.17) is 30.2 Å². The van der Waals surface area contributed by atoms with Gasteiger partial charge in [-0.25, -0.2) is 9.79 Å². The minimum atomic E-state index is -0.520. The number of thiophene rings is 1. The summed E-state index contributed by atoms with van der Waals surface area (Å²) in [5, 5.41) is 3.96. The molecule has 5 rings (SSSR count). The van der Waals surface area contributed by atoms with E-state index in [1.807, 2.05) is 6.07 Å². The number of hydrogen-bond donors (Lipinski definition) is 1. The molecule has 3 heterocycles. The zero-order valence-electron chi connectivity index (χ0n) is 22.9. The highest BCUT2D eigenvalue weighted by molar-refractivity contribution is 7.16. The molecule has 1 aromatic carbocycles. The van der Waals surface area contributed by atoms with Crippen molar-refractivity contribution < 1.29 is 23.2 Å². The van der Waals surface area contributed by atoms with E-state index in [9.17, 15) is 9.59 Å². The molecule has 0 spiro atoms. The number of ether oxygens (including phenoxy) is 1. The molecule has 1 aliphatic carbocycles. The molecule has 40 heavy (non-hydrogen) atoms. The van der Waals surface area contributed by atoms with Gasteiger partial charge in [0.25, 0.3) is 5.91 Å². The van der Waals surface area contributed by atoms with Gasteiger partial charge in [-0.15, -0.1) is 11.3 Å². The molecule has 0 radical (unpaired) electrons. The maximum atomic E-state index is 13.4. The maximum absolute atomic E-state index is 13.4. The van der Waals surface area contributed by atoms with Crippen LogP contribution in [0.25, 0.3) is 11.3 Å². The molecule has 1 atom stereocenters. The van der Waals surface area contributed by atoms with Crippen LogP contribution in [-0.4, -0.2) is 25.2 Å². The summed E-state index contributed by atoms with van der Waals surface area (Å²) < 4.78 is 16.2. The molecule has 7 nitrogen and oxygen atoms in total. The van der Waals surface area contributed by atoms with Crippen molar-refractivity contribution in [2.24, 2.45) is 16.3 Å². The Labute approximate surface area is 242 Å². The van der Waals surface area contributed by atoms with Crippen molar-refractivity contribution in [3.63, 3.8) is 0 Å². The fourth-order valence-corrected chi connectivity index (χ4v) is 6.41. The Hall–Kier alpha value is -3.62. The van der Waals surface area contributed by atoms with Crippen molar-refractivity contribution in [2.45, 2.75) is 46.6 Å². The van der Waals surface area contributed by atoms with Crippen LogP contribution < -0.4 is 5.32 Å². The van der Waals surface area contributed by atoms with Crippen molar-refractivity contribution in [1.29, 1.82) is 0 Å². The number of nitrogens with zero attached hydrogens (tertiary/aromatic N) is 1. The fourth-order valence-electron chi connectivity index (χ4n) is 4.95. The molecule has 0 saturated carbocycles. The number of nitrogens with one attached hydrogen (secondary N) is 1. The van der Waals surface area contributed by atoms with Crippen LogP contribution in [0.3, 0.4) is 0 Å². The van der Waals surface area contributed by atoms with Crippen LogP contribution in [0.2, 0.25) is 5.02 Å². The van der Waals surface area contributed by atoms with E-state index in [-0.39, 0.29) is 16.9 Å². The number of rotatable bonds is 7. The topological polar surface area (TPSA) is 94.0 Å². The molecule has 208 valence electrons. The van der Waals surface area contributed by atoms with Crippen LogP contribution in [0.15, 0.2) is 62.6 Å². The Balaban J connectivity index is 1.43. The lowest BCUT2D eigenvalue weighted by molar-refractivity contribution is 0.0600. The van der Waals surface area contributed by atoms with E-state index in [1.165, 1.54) is 12.0 Å². The van der Waals surface area contributed by atoms with E-state index in [0.717, 1.165) is 24.8 Å². The lowest BCUT2D eigenvalue weighted by atomic mass is 9.72. The number of aliphatic imine (C=N–C) groups is 1. The molecule has 0 saturated heterocycles. The molecular weight excluding hydrogens is 548 g/mol. The number of carbonyl (C=O) groups excluding carboxylic acids is 2. The predicted molar refractivity (Wildman–Crippen MR) is 157 cm³/mol. The summed E-state index contributed by atoms with van der Waals surface area (Å²) in [6, 6.07) is 12.3. The Bertz CT molecular complexity index is 1560. The third-order valence-corrected chi connectivity index (χ3v) is 8.79. The first kappa shape index (κ1) is 27.9. The van der Waals surface area contributed by atoms with E-state index in [0.29, 0.717) is 50.9 Å². The largest absolute Gasteiger partial charge is 0.467 e. The van der Waals surface area contributed by atoms with Crippen LogP contribution in [0.4, 0.5) is 5.00 Å². The van der Waals surface area contributed by atoms with E-state index in [2.05, 4.69) is 26.1 Å². The molecule has 1 N–H and O–H groups in total. The average Bonchev–Trinajstić information content (AvgIpc) is 3.69. The number of benzene rings is 1. The minimum absolute atomic E-state index is 0.160. The first-order chi connectivity index (χ1) is 19.1. The molecule has 9 heteroatoms. The van der Waals surface area contributed by atoms with Crippen molar-refractivity contribution in [3.05, 3.63) is 86.8 Å². The van der Waals surface area contributed by atoms with Gasteiger partial charge in [-0.05, 0) is 78.6 Å². The van der Waals surface area contributed by atoms with Gasteiger partial charge in [-0.3, -0.25) is 4.79 Å². The van der Waals surface area contributed by atoms with Gasteiger partial charge in [0.15, 0.2) is 0 Å². The fraction of sp³-hybridized carbons (Fsp3) is 0.323. The number of hydrogen-bond acceptors (Lipinski definition) is 7. The summed E-state index contributed by atoms with van der Waals surface area (Å²) in [6.45, 7) is 7.13. The summed E-state index contributed by atoms with van der Waals surface area (Å²) in [5.41, 5.74) is 2.85. The van der Waals surface area contributed by atoms with Crippen LogP contribution in [0, 0.1) is 11.3 Å². The predicted octanol–water partition coefficient (Wildman–Crippen LogP) is 7.87. The van der Waals surface area contributed by atoms with E-state index >= 15 is 0 Å². The number of furan rings is 2. The van der Waals surface area contributed by atoms with Gasteiger partial charge >= 0.3 is 5.97 Å². The van der Waals surface area contributed by atoms with Crippen LogP contribution in [0.5, 0.6) is 0 Å².